The van der Waals surface area contributed by atoms with Crippen LogP contribution in [0, 0.1) is 5.82 Å². The largest absolute Gasteiger partial charge is 0.486 e. The molecule has 1 aliphatic rings. The minimum Gasteiger partial charge on any atom is -0.486 e. The van der Waals surface area contributed by atoms with Gasteiger partial charge in [0.1, 0.15) is 17.2 Å². The summed E-state index contributed by atoms with van der Waals surface area (Å²) in [5.41, 5.74) is 15.0. The molecule has 1 aromatic rings. The van der Waals surface area contributed by atoms with Crippen LogP contribution in [0.2, 0.25) is 0 Å². The van der Waals surface area contributed by atoms with Gasteiger partial charge >= 0.3 is 0 Å². The predicted molar refractivity (Wildman–Crippen MR) is 65.8 cm³/mol. The third-order valence-electron chi connectivity index (χ3n) is 3.03. The number of rotatable bonds is 3. The Balaban J connectivity index is 2.39. The molecule has 0 amide bonds. The molecule has 1 heterocycles. The molecule has 5 nitrogen and oxygen atoms in total. The highest BCUT2D eigenvalue weighted by Gasteiger charge is 2.36. The summed E-state index contributed by atoms with van der Waals surface area (Å²) in [5, 5.41) is 3.54. The van der Waals surface area contributed by atoms with Crippen LogP contribution in [-0.4, -0.2) is 12.1 Å². The average molecular weight is 250 g/mol. The van der Waals surface area contributed by atoms with Crippen LogP contribution in [0.15, 0.2) is 17.2 Å². The van der Waals surface area contributed by atoms with Gasteiger partial charge in [-0.25, -0.2) is 4.39 Å². The van der Waals surface area contributed by atoms with Crippen molar-refractivity contribution in [2.75, 3.05) is 6.54 Å². The molecule has 0 fully saturated rings. The summed E-state index contributed by atoms with van der Waals surface area (Å²) in [6.45, 7) is 3.82. The lowest BCUT2D eigenvalue weighted by Crippen LogP contribution is -2.33. The number of nitrogens with two attached hydrogens (primary N) is 1. The van der Waals surface area contributed by atoms with Crippen LogP contribution in [0.1, 0.15) is 31.0 Å². The molecule has 2 N–H and O–H groups in total. The molecular formula is C12H15FN4O. The van der Waals surface area contributed by atoms with Crippen molar-refractivity contribution < 1.29 is 9.13 Å². The first kappa shape index (κ1) is 12.7. The van der Waals surface area contributed by atoms with Gasteiger partial charge in [0.2, 0.25) is 0 Å². The van der Waals surface area contributed by atoms with E-state index in [9.17, 15) is 4.39 Å². The van der Waals surface area contributed by atoms with Gasteiger partial charge in [0.15, 0.2) is 0 Å². The maximum atomic E-state index is 13.5. The van der Waals surface area contributed by atoms with Crippen LogP contribution in [-0.2, 0) is 6.42 Å². The summed E-state index contributed by atoms with van der Waals surface area (Å²) in [4.78, 5) is 2.73. The molecule has 0 aliphatic carbocycles. The van der Waals surface area contributed by atoms with E-state index in [2.05, 4.69) is 10.0 Å². The first-order chi connectivity index (χ1) is 8.45. The number of halogens is 1. The van der Waals surface area contributed by atoms with Crippen molar-refractivity contribution in [1.29, 1.82) is 0 Å². The second-order valence-electron chi connectivity index (χ2n) is 4.89. The van der Waals surface area contributed by atoms with Crippen LogP contribution in [0.25, 0.3) is 10.4 Å². The van der Waals surface area contributed by atoms with E-state index in [0.29, 0.717) is 17.7 Å². The zero-order valence-corrected chi connectivity index (χ0v) is 10.4. The van der Waals surface area contributed by atoms with Gasteiger partial charge in [0.25, 0.3) is 0 Å². The Bertz CT molecular complexity index is 525. The smallest absolute Gasteiger partial charge is 0.128 e. The molecule has 2 atom stereocenters. The topological polar surface area (TPSA) is 84.0 Å². The van der Waals surface area contributed by atoms with E-state index in [1.54, 1.807) is 6.92 Å². The Kier molecular flexibility index (Phi) is 3.15. The fourth-order valence-corrected chi connectivity index (χ4v) is 2.22. The van der Waals surface area contributed by atoms with Crippen molar-refractivity contribution in [3.63, 3.8) is 0 Å². The maximum Gasteiger partial charge on any atom is 0.128 e. The molecule has 96 valence electrons. The van der Waals surface area contributed by atoms with Crippen molar-refractivity contribution in [2.24, 2.45) is 10.8 Å². The Morgan fingerprint density at radius 3 is 3.00 bits per heavy atom. The van der Waals surface area contributed by atoms with Gasteiger partial charge in [-0.3, -0.25) is 0 Å². The summed E-state index contributed by atoms with van der Waals surface area (Å²) >= 11 is 0. The number of nitrogens with zero attached hydrogens (tertiary/aromatic N) is 3. The quantitative estimate of drug-likeness (QED) is 0.508. The Labute approximate surface area is 104 Å². The van der Waals surface area contributed by atoms with Gasteiger partial charge in [-0.05, 0) is 31.5 Å². The number of hydrogen-bond donors (Lipinski definition) is 1. The van der Waals surface area contributed by atoms with Crippen LogP contribution in [0.4, 0.5) is 4.39 Å². The minimum absolute atomic E-state index is 0.207. The SMILES string of the molecule is C[C@@H](N)c1cc(F)cc2c1O[C@](C)(CN=[N+]=[N-])C2. The summed E-state index contributed by atoms with van der Waals surface area (Å²) < 4.78 is 19.3. The van der Waals surface area contributed by atoms with E-state index < -0.39 is 5.60 Å². The molecule has 6 heteroatoms. The normalized spacial score (nSPS) is 22.9. The van der Waals surface area contributed by atoms with Gasteiger partial charge in [-0.15, -0.1) is 0 Å². The second kappa shape index (κ2) is 4.48. The lowest BCUT2D eigenvalue weighted by Gasteiger charge is -2.22. The molecule has 0 radical (unpaired) electrons. The lowest BCUT2D eigenvalue weighted by atomic mass is 9.97. The standard InChI is InChI=1S/C12H15FN4O/c1-7(14)10-4-9(13)3-8-5-12(2,6-16-17-15)18-11(8)10/h3-4,7H,5-6,14H2,1-2H3/t7-,12+/m1/s1. The third kappa shape index (κ3) is 2.25. The summed E-state index contributed by atoms with van der Waals surface area (Å²) in [5.74, 6) is 0.305. The molecule has 1 aromatic carbocycles. The van der Waals surface area contributed by atoms with Crippen LogP contribution >= 0.6 is 0 Å². The molecule has 18 heavy (non-hydrogen) atoms. The zero-order valence-electron chi connectivity index (χ0n) is 10.4. The number of hydrogen-bond acceptors (Lipinski definition) is 3. The van der Waals surface area contributed by atoms with Crippen molar-refractivity contribution in [2.45, 2.75) is 31.9 Å². The number of benzene rings is 1. The molecule has 1 aliphatic heterocycles. The summed E-state index contributed by atoms with van der Waals surface area (Å²) in [7, 11) is 0. The Morgan fingerprint density at radius 1 is 1.67 bits per heavy atom. The van der Waals surface area contributed by atoms with Crippen molar-refractivity contribution in [3.8, 4) is 5.75 Å². The third-order valence-corrected chi connectivity index (χ3v) is 3.03. The number of fused-ring (bicyclic) bond motifs is 1. The minimum atomic E-state index is -0.619. The summed E-state index contributed by atoms with van der Waals surface area (Å²) in [6, 6.07) is 2.53. The van der Waals surface area contributed by atoms with Gasteiger partial charge < -0.3 is 10.5 Å². The predicted octanol–water partition coefficient (Wildman–Crippen LogP) is 2.85. The zero-order chi connectivity index (χ0) is 13.3. The molecule has 2 rings (SSSR count). The lowest BCUT2D eigenvalue weighted by molar-refractivity contribution is 0.124. The molecule has 0 unspecified atom stereocenters. The average Bonchev–Trinajstić information content (AvgIpc) is 2.62. The second-order valence-corrected chi connectivity index (χ2v) is 4.89. The fraction of sp³-hybridized carbons (Fsp3) is 0.500. The first-order valence-corrected chi connectivity index (χ1v) is 5.73. The molecule has 0 bridgehead atoms. The Morgan fingerprint density at radius 2 is 2.39 bits per heavy atom. The molecule has 0 saturated heterocycles. The van der Waals surface area contributed by atoms with Gasteiger partial charge in [0.05, 0.1) is 6.54 Å². The van der Waals surface area contributed by atoms with Gasteiger partial charge in [0, 0.05) is 28.5 Å². The van der Waals surface area contributed by atoms with E-state index in [4.69, 9.17) is 16.0 Å². The van der Waals surface area contributed by atoms with Crippen LogP contribution in [0.5, 0.6) is 5.75 Å². The van der Waals surface area contributed by atoms with E-state index in [0.717, 1.165) is 5.56 Å². The van der Waals surface area contributed by atoms with Crippen molar-refractivity contribution in [1.82, 2.24) is 0 Å². The van der Waals surface area contributed by atoms with Crippen molar-refractivity contribution in [3.05, 3.63) is 39.5 Å². The molecule has 0 aromatic heterocycles. The van der Waals surface area contributed by atoms with Crippen LogP contribution in [0.3, 0.4) is 0 Å². The highest BCUT2D eigenvalue weighted by Crippen LogP contribution is 2.40. The molecular weight excluding hydrogens is 235 g/mol. The summed E-state index contributed by atoms with van der Waals surface area (Å²) in [6.07, 6.45) is 0.513. The van der Waals surface area contributed by atoms with E-state index in [-0.39, 0.29) is 18.4 Å². The van der Waals surface area contributed by atoms with E-state index >= 15 is 0 Å². The number of azide groups is 1. The fourth-order valence-electron chi connectivity index (χ4n) is 2.22. The molecule has 0 spiro atoms. The maximum absolute atomic E-state index is 13.5. The highest BCUT2D eigenvalue weighted by molar-refractivity contribution is 5.47. The highest BCUT2D eigenvalue weighted by atomic mass is 19.1. The Hall–Kier alpha value is -1.78. The van der Waals surface area contributed by atoms with Gasteiger partial charge in [-0.2, -0.15) is 0 Å². The van der Waals surface area contributed by atoms with Crippen molar-refractivity contribution >= 4 is 0 Å². The monoisotopic (exact) mass is 250 g/mol. The van der Waals surface area contributed by atoms with Gasteiger partial charge in [-0.1, -0.05) is 5.11 Å². The van der Waals surface area contributed by atoms with E-state index in [1.165, 1.54) is 12.1 Å². The molecule has 0 saturated carbocycles. The van der Waals surface area contributed by atoms with E-state index in [1.807, 2.05) is 6.92 Å². The van der Waals surface area contributed by atoms with Crippen LogP contribution < -0.4 is 10.5 Å². The first-order valence-electron chi connectivity index (χ1n) is 5.73. The number of ether oxygens (including phenoxy) is 1.